The smallest absolute Gasteiger partial charge is 0.264 e. The molecule has 0 aliphatic carbocycles. The molecule has 1 unspecified atom stereocenters. The molecule has 3 rings (SSSR count). The lowest BCUT2D eigenvalue weighted by molar-refractivity contribution is 0.574. The summed E-state index contributed by atoms with van der Waals surface area (Å²) in [6.45, 7) is 5.47. The van der Waals surface area contributed by atoms with Gasteiger partial charge in [-0.3, -0.25) is 4.31 Å². The Morgan fingerprint density at radius 1 is 1.00 bits per heavy atom. The van der Waals surface area contributed by atoms with Crippen LogP contribution in [-0.4, -0.2) is 27.5 Å². The van der Waals surface area contributed by atoms with Gasteiger partial charge in [0.1, 0.15) is 0 Å². The fraction of sp³-hybridized carbons (Fsp3) is 0.294. The first-order valence-electron chi connectivity index (χ1n) is 7.49. The van der Waals surface area contributed by atoms with Crippen molar-refractivity contribution in [2.24, 2.45) is 0 Å². The molecule has 116 valence electrons. The van der Waals surface area contributed by atoms with Gasteiger partial charge in [0.15, 0.2) is 0 Å². The van der Waals surface area contributed by atoms with E-state index < -0.39 is 10.0 Å². The minimum absolute atomic E-state index is 0.137. The van der Waals surface area contributed by atoms with Gasteiger partial charge in [-0.1, -0.05) is 30.3 Å². The minimum Gasteiger partial charge on any atom is -0.366 e. The highest BCUT2D eigenvalue weighted by Gasteiger charge is 2.34. The third kappa shape index (κ3) is 2.35. The molecule has 0 aromatic heterocycles. The Kier molecular flexibility index (Phi) is 3.83. The molecule has 5 heteroatoms. The van der Waals surface area contributed by atoms with Crippen LogP contribution in [-0.2, 0) is 10.0 Å². The predicted octanol–water partition coefficient (Wildman–Crippen LogP) is 3.11. The second-order valence-corrected chi connectivity index (χ2v) is 7.34. The molecule has 0 fully saturated rings. The molecular formula is C17H20N2O2S. The van der Waals surface area contributed by atoms with E-state index in [1.54, 1.807) is 24.3 Å². The van der Waals surface area contributed by atoms with Crippen molar-refractivity contribution in [2.45, 2.75) is 24.8 Å². The molecule has 0 amide bonds. The first-order valence-corrected chi connectivity index (χ1v) is 8.93. The topological polar surface area (TPSA) is 40.6 Å². The Morgan fingerprint density at radius 3 is 2.23 bits per heavy atom. The molecule has 1 aliphatic rings. The van der Waals surface area contributed by atoms with Gasteiger partial charge in [-0.15, -0.1) is 0 Å². The van der Waals surface area contributed by atoms with Gasteiger partial charge in [-0.25, -0.2) is 8.42 Å². The van der Waals surface area contributed by atoms with E-state index in [2.05, 4.69) is 18.7 Å². The first kappa shape index (κ1) is 14.9. The SMILES string of the molecule is CCN1c2ccccc2N(S(=O)(=O)c2ccccc2)CC1C. The molecule has 1 atom stereocenters. The van der Waals surface area contributed by atoms with E-state index in [0.717, 1.165) is 17.9 Å². The molecule has 4 nitrogen and oxygen atoms in total. The van der Waals surface area contributed by atoms with Gasteiger partial charge < -0.3 is 4.90 Å². The molecule has 2 aromatic carbocycles. The van der Waals surface area contributed by atoms with Crippen LogP contribution in [0.2, 0.25) is 0 Å². The minimum atomic E-state index is -3.53. The van der Waals surface area contributed by atoms with Gasteiger partial charge in [0.25, 0.3) is 10.0 Å². The maximum Gasteiger partial charge on any atom is 0.264 e. The molecule has 0 spiro atoms. The molecule has 1 heterocycles. The Labute approximate surface area is 132 Å². The summed E-state index contributed by atoms with van der Waals surface area (Å²) >= 11 is 0. The summed E-state index contributed by atoms with van der Waals surface area (Å²) in [7, 11) is -3.53. The summed E-state index contributed by atoms with van der Waals surface area (Å²) in [4.78, 5) is 2.58. The number of rotatable bonds is 3. The summed E-state index contributed by atoms with van der Waals surface area (Å²) < 4.78 is 27.5. The summed E-state index contributed by atoms with van der Waals surface area (Å²) in [5, 5.41) is 0. The van der Waals surface area contributed by atoms with E-state index in [9.17, 15) is 8.42 Å². The lowest BCUT2D eigenvalue weighted by Crippen LogP contribution is -2.49. The number of fused-ring (bicyclic) bond motifs is 1. The van der Waals surface area contributed by atoms with Crippen LogP contribution in [0.1, 0.15) is 13.8 Å². The van der Waals surface area contributed by atoms with Crippen LogP contribution >= 0.6 is 0 Å². The van der Waals surface area contributed by atoms with Crippen molar-refractivity contribution in [1.29, 1.82) is 0 Å². The van der Waals surface area contributed by atoms with Gasteiger partial charge in [-0.05, 0) is 38.1 Å². The standard InChI is InChI=1S/C17H20N2O2S/c1-3-18-14(2)13-19(17-12-8-7-11-16(17)18)22(20,21)15-9-5-4-6-10-15/h4-12,14H,3,13H2,1-2H3. The van der Waals surface area contributed by atoms with Crippen LogP contribution in [0.4, 0.5) is 11.4 Å². The van der Waals surface area contributed by atoms with Gasteiger partial charge >= 0.3 is 0 Å². The van der Waals surface area contributed by atoms with E-state index in [4.69, 9.17) is 0 Å². The maximum absolute atomic E-state index is 13.0. The van der Waals surface area contributed by atoms with Gasteiger partial charge in [0.2, 0.25) is 0 Å². The fourth-order valence-corrected chi connectivity index (χ4v) is 4.60. The summed E-state index contributed by atoms with van der Waals surface area (Å²) in [5.41, 5.74) is 1.73. The largest absolute Gasteiger partial charge is 0.366 e. The number of benzene rings is 2. The quantitative estimate of drug-likeness (QED) is 0.873. The monoisotopic (exact) mass is 316 g/mol. The van der Waals surface area contributed by atoms with Crippen LogP contribution in [0.3, 0.4) is 0 Å². The van der Waals surface area contributed by atoms with E-state index in [-0.39, 0.29) is 6.04 Å². The molecule has 0 saturated heterocycles. The number of anilines is 2. The molecule has 0 radical (unpaired) electrons. The number of likely N-dealkylation sites (N-methyl/N-ethyl adjacent to an activating group) is 1. The summed E-state index contributed by atoms with van der Waals surface area (Å²) in [6.07, 6.45) is 0. The Bertz CT molecular complexity index is 759. The second-order valence-electron chi connectivity index (χ2n) is 5.47. The maximum atomic E-state index is 13.0. The lowest BCUT2D eigenvalue weighted by atomic mass is 10.1. The number of nitrogens with zero attached hydrogens (tertiary/aromatic N) is 2. The number of sulfonamides is 1. The second kappa shape index (κ2) is 5.65. The summed E-state index contributed by atoms with van der Waals surface area (Å²) in [6, 6.07) is 16.5. The molecule has 2 aromatic rings. The Hall–Kier alpha value is -2.01. The predicted molar refractivity (Wildman–Crippen MR) is 89.9 cm³/mol. The van der Waals surface area contributed by atoms with Crippen molar-refractivity contribution in [3.8, 4) is 0 Å². The third-order valence-electron chi connectivity index (χ3n) is 4.09. The van der Waals surface area contributed by atoms with E-state index >= 15 is 0 Å². The first-order chi connectivity index (χ1) is 10.6. The molecule has 0 N–H and O–H groups in total. The zero-order valence-corrected chi connectivity index (χ0v) is 13.6. The molecular weight excluding hydrogens is 296 g/mol. The van der Waals surface area contributed by atoms with E-state index in [1.807, 2.05) is 30.3 Å². The number of para-hydroxylation sites is 2. The number of hydrogen-bond acceptors (Lipinski definition) is 3. The highest BCUT2D eigenvalue weighted by Crippen LogP contribution is 2.38. The average molecular weight is 316 g/mol. The lowest BCUT2D eigenvalue weighted by Gasteiger charge is -2.42. The van der Waals surface area contributed by atoms with Gasteiger partial charge in [0, 0.05) is 12.6 Å². The zero-order chi connectivity index (χ0) is 15.7. The van der Waals surface area contributed by atoms with E-state index in [1.165, 1.54) is 4.31 Å². The van der Waals surface area contributed by atoms with Crippen LogP contribution < -0.4 is 9.21 Å². The normalized spacial score (nSPS) is 18.2. The molecule has 0 bridgehead atoms. The molecule has 22 heavy (non-hydrogen) atoms. The van der Waals surface area contributed by atoms with Crippen LogP contribution in [0.5, 0.6) is 0 Å². The van der Waals surface area contributed by atoms with Crippen molar-refractivity contribution in [2.75, 3.05) is 22.3 Å². The molecule has 0 saturated carbocycles. The van der Waals surface area contributed by atoms with Crippen LogP contribution in [0.15, 0.2) is 59.5 Å². The average Bonchev–Trinajstić information content (AvgIpc) is 2.55. The van der Waals surface area contributed by atoms with Crippen LogP contribution in [0, 0.1) is 0 Å². The van der Waals surface area contributed by atoms with Gasteiger partial charge in [-0.2, -0.15) is 0 Å². The Morgan fingerprint density at radius 2 is 1.59 bits per heavy atom. The third-order valence-corrected chi connectivity index (χ3v) is 5.89. The highest BCUT2D eigenvalue weighted by atomic mass is 32.2. The van der Waals surface area contributed by atoms with Crippen molar-refractivity contribution in [3.05, 3.63) is 54.6 Å². The van der Waals surface area contributed by atoms with Gasteiger partial charge in [0.05, 0.1) is 22.8 Å². The van der Waals surface area contributed by atoms with E-state index in [0.29, 0.717) is 11.4 Å². The fourth-order valence-electron chi connectivity index (χ4n) is 3.02. The van der Waals surface area contributed by atoms with Crippen molar-refractivity contribution < 1.29 is 8.42 Å². The van der Waals surface area contributed by atoms with Crippen LogP contribution in [0.25, 0.3) is 0 Å². The molecule has 1 aliphatic heterocycles. The van der Waals surface area contributed by atoms with Crippen molar-refractivity contribution >= 4 is 21.4 Å². The van der Waals surface area contributed by atoms with Crippen molar-refractivity contribution in [3.63, 3.8) is 0 Å². The number of hydrogen-bond donors (Lipinski definition) is 0. The summed E-state index contributed by atoms with van der Waals surface area (Å²) in [5.74, 6) is 0. The van der Waals surface area contributed by atoms with Crippen molar-refractivity contribution in [1.82, 2.24) is 0 Å². The Balaban J connectivity index is 2.12. The highest BCUT2D eigenvalue weighted by molar-refractivity contribution is 7.92. The zero-order valence-electron chi connectivity index (χ0n) is 12.8.